The number of rotatable bonds is 4. The van der Waals surface area contributed by atoms with E-state index in [1.165, 1.54) is 6.26 Å². The summed E-state index contributed by atoms with van der Waals surface area (Å²) >= 11 is 0. The molecule has 1 heterocycles. The maximum atomic E-state index is 11.8. The molecule has 0 aromatic carbocycles. The van der Waals surface area contributed by atoms with E-state index in [2.05, 4.69) is 15.6 Å². The first-order valence-electron chi connectivity index (χ1n) is 7.63. The smallest absolute Gasteiger partial charge is 0.407 e. The van der Waals surface area contributed by atoms with Gasteiger partial charge in [-0.1, -0.05) is 0 Å². The van der Waals surface area contributed by atoms with E-state index in [0.29, 0.717) is 19.0 Å². The molecule has 1 fully saturated rings. The van der Waals surface area contributed by atoms with E-state index >= 15 is 0 Å². The molecule has 0 bridgehead atoms. The molecule has 0 radical (unpaired) electrons. The van der Waals surface area contributed by atoms with Crippen molar-refractivity contribution in [3.05, 3.63) is 0 Å². The van der Waals surface area contributed by atoms with Gasteiger partial charge in [-0.15, -0.1) is 24.0 Å². The fourth-order valence-electron chi connectivity index (χ4n) is 2.23. The second kappa shape index (κ2) is 9.64. The Balaban J connectivity index is 0.00000529. The number of ether oxygens (including phenoxy) is 1. The number of guanidine groups is 1. The van der Waals surface area contributed by atoms with Crippen LogP contribution in [0.1, 0.15) is 27.2 Å². The largest absolute Gasteiger partial charge is 0.444 e. The van der Waals surface area contributed by atoms with Crippen molar-refractivity contribution in [3.63, 3.8) is 0 Å². The molecule has 8 nitrogen and oxygen atoms in total. The van der Waals surface area contributed by atoms with Crippen LogP contribution in [0.5, 0.6) is 0 Å². The highest BCUT2D eigenvalue weighted by atomic mass is 127. The summed E-state index contributed by atoms with van der Waals surface area (Å²) in [5.41, 5.74) is -0.522. The topological polar surface area (TPSA) is 100 Å². The van der Waals surface area contributed by atoms with Gasteiger partial charge in [-0.3, -0.25) is 4.99 Å². The van der Waals surface area contributed by atoms with Crippen molar-refractivity contribution in [2.75, 3.05) is 38.7 Å². The molecule has 0 aromatic heterocycles. The first-order chi connectivity index (χ1) is 10.5. The summed E-state index contributed by atoms with van der Waals surface area (Å²) in [5, 5.41) is 5.88. The van der Waals surface area contributed by atoms with Crippen LogP contribution in [0.15, 0.2) is 4.99 Å². The predicted molar refractivity (Wildman–Crippen MR) is 106 cm³/mol. The third-order valence-corrected chi connectivity index (χ3v) is 4.12. The lowest BCUT2D eigenvalue weighted by atomic mass is 10.2. The zero-order valence-corrected chi connectivity index (χ0v) is 18.1. The second-order valence-electron chi connectivity index (χ2n) is 6.68. The third-order valence-electron chi connectivity index (χ3n) is 3.18. The Labute approximate surface area is 161 Å². The minimum Gasteiger partial charge on any atom is -0.444 e. The Kier molecular flexibility index (Phi) is 9.32. The quantitative estimate of drug-likeness (QED) is 0.354. The number of hydrogen-bond donors (Lipinski definition) is 2. The molecule has 0 aromatic rings. The minimum atomic E-state index is -3.01. The Morgan fingerprint density at radius 3 is 2.50 bits per heavy atom. The number of sulfone groups is 1. The van der Waals surface area contributed by atoms with E-state index in [1.807, 2.05) is 25.7 Å². The Morgan fingerprint density at radius 1 is 1.38 bits per heavy atom. The van der Waals surface area contributed by atoms with Crippen LogP contribution in [0, 0.1) is 0 Å². The molecule has 1 saturated heterocycles. The van der Waals surface area contributed by atoms with E-state index < -0.39 is 21.5 Å². The highest BCUT2D eigenvalue weighted by Crippen LogP contribution is 2.11. The summed E-state index contributed by atoms with van der Waals surface area (Å²) in [5.74, 6) is 0.696. The van der Waals surface area contributed by atoms with Crippen LogP contribution in [0.4, 0.5) is 4.79 Å². The van der Waals surface area contributed by atoms with Crippen molar-refractivity contribution < 1.29 is 17.9 Å². The summed E-state index contributed by atoms with van der Waals surface area (Å²) < 4.78 is 27.6. The number of amides is 1. The number of halogens is 1. The average molecular weight is 476 g/mol. The van der Waals surface area contributed by atoms with Gasteiger partial charge in [0, 0.05) is 32.9 Å². The summed E-state index contributed by atoms with van der Waals surface area (Å²) in [7, 11) is -1.35. The van der Waals surface area contributed by atoms with E-state index in [0.717, 1.165) is 13.0 Å². The van der Waals surface area contributed by atoms with Gasteiger partial charge in [-0.25, -0.2) is 13.2 Å². The standard InChI is InChI=1S/C14H28N4O4S.HI/c1-14(2,3)22-13(19)17-11-6-8-18(10-11)12(15-4)16-7-9-23(5,20)21;/h11H,6-10H2,1-5H3,(H,15,16)(H,17,19);1H. The molecule has 1 aliphatic heterocycles. The fourth-order valence-corrected chi connectivity index (χ4v) is 2.70. The molecule has 1 aliphatic rings. The van der Waals surface area contributed by atoms with Crippen LogP contribution in [0.2, 0.25) is 0 Å². The van der Waals surface area contributed by atoms with Crippen LogP contribution in [0.25, 0.3) is 0 Å². The van der Waals surface area contributed by atoms with Crippen molar-refractivity contribution >= 4 is 45.9 Å². The van der Waals surface area contributed by atoms with E-state index in [-0.39, 0.29) is 35.8 Å². The van der Waals surface area contributed by atoms with Gasteiger partial charge in [0.15, 0.2) is 5.96 Å². The van der Waals surface area contributed by atoms with Crippen molar-refractivity contribution in [2.45, 2.75) is 38.8 Å². The van der Waals surface area contributed by atoms with Crippen LogP contribution in [0.3, 0.4) is 0 Å². The number of nitrogens with one attached hydrogen (secondary N) is 2. The average Bonchev–Trinajstić information content (AvgIpc) is 2.79. The molecule has 2 N–H and O–H groups in total. The van der Waals surface area contributed by atoms with Crippen molar-refractivity contribution in [3.8, 4) is 0 Å². The molecule has 1 rings (SSSR count). The number of hydrogen-bond acceptors (Lipinski definition) is 5. The minimum absolute atomic E-state index is 0. The molecule has 24 heavy (non-hydrogen) atoms. The van der Waals surface area contributed by atoms with Gasteiger partial charge in [0.1, 0.15) is 15.4 Å². The number of alkyl carbamates (subject to hydrolysis) is 1. The summed E-state index contributed by atoms with van der Waals surface area (Å²) in [6, 6.07) is -0.0155. The maximum absolute atomic E-state index is 11.8. The third kappa shape index (κ3) is 9.50. The van der Waals surface area contributed by atoms with Gasteiger partial charge in [0.25, 0.3) is 0 Å². The Hall–Kier alpha value is -0.780. The van der Waals surface area contributed by atoms with Crippen LogP contribution in [-0.4, -0.2) is 75.7 Å². The van der Waals surface area contributed by atoms with Gasteiger partial charge >= 0.3 is 6.09 Å². The second-order valence-corrected chi connectivity index (χ2v) is 8.94. The molecule has 0 spiro atoms. The van der Waals surface area contributed by atoms with E-state index in [9.17, 15) is 13.2 Å². The van der Waals surface area contributed by atoms with Gasteiger partial charge in [0.05, 0.1) is 11.8 Å². The number of aliphatic imine (C=N–C) groups is 1. The monoisotopic (exact) mass is 476 g/mol. The zero-order valence-electron chi connectivity index (χ0n) is 15.0. The van der Waals surface area contributed by atoms with Crippen molar-refractivity contribution in [1.29, 1.82) is 0 Å². The normalized spacial score (nSPS) is 18.8. The molecule has 0 saturated carbocycles. The van der Waals surface area contributed by atoms with Crippen LogP contribution < -0.4 is 10.6 Å². The molecular weight excluding hydrogens is 447 g/mol. The number of nitrogens with zero attached hydrogens (tertiary/aromatic N) is 2. The molecule has 1 atom stereocenters. The highest BCUT2D eigenvalue weighted by Gasteiger charge is 2.27. The Morgan fingerprint density at radius 2 is 2.00 bits per heavy atom. The summed E-state index contributed by atoms with van der Waals surface area (Å²) in [6.07, 6.45) is 1.56. The first-order valence-corrected chi connectivity index (χ1v) is 9.69. The number of carbonyl (C=O) groups excluding carboxylic acids is 1. The van der Waals surface area contributed by atoms with Gasteiger partial charge in [0.2, 0.25) is 0 Å². The molecule has 1 amide bonds. The summed E-state index contributed by atoms with van der Waals surface area (Å²) in [4.78, 5) is 17.9. The molecule has 10 heteroatoms. The predicted octanol–water partition coefficient (Wildman–Crippen LogP) is 0.823. The zero-order chi connectivity index (χ0) is 17.7. The maximum Gasteiger partial charge on any atom is 0.407 e. The lowest BCUT2D eigenvalue weighted by molar-refractivity contribution is 0.0507. The lowest BCUT2D eigenvalue weighted by Crippen LogP contribution is -2.45. The number of likely N-dealkylation sites (tertiary alicyclic amines) is 1. The van der Waals surface area contributed by atoms with Crippen LogP contribution in [-0.2, 0) is 14.6 Å². The first kappa shape index (κ1) is 23.2. The highest BCUT2D eigenvalue weighted by molar-refractivity contribution is 14.0. The van der Waals surface area contributed by atoms with Gasteiger partial charge in [-0.05, 0) is 27.2 Å². The van der Waals surface area contributed by atoms with E-state index in [1.54, 1.807) is 7.05 Å². The van der Waals surface area contributed by atoms with Crippen molar-refractivity contribution in [2.24, 2.45) is 4.99 Å². The molecule has 1 unspecified atom stereocenters. The lowest BCUT2D eigenvalue weighted by Gasteiger charge is -2.23. The van der Waals surface area contributed by atoms with Gasteiger partial charge in [-0.2, -0.15) is 0 Å². The van der Waals surface area contributed by atoms with Gasteiger partial charge < -0.3 is 20.3 Å². The SMILES string of the molecule is CN=C(NCCS(C)(=O)=O)N1CCC(NC(=O)OC(C)(C)C)C1.I. The number of carbonyl (C=O) groups is 1. The van der Waals surface area contributed by atoms with E-state index in [4.69, 9.17) is 4.74 Å². The summed E-state index contributed by atoms with van der Waals surface area (Å²) in [6.45, 7) is 7.12. The molecular formula is C14H29IN4O4S. The van der Waals surface area contributed by atoms with Crippen LogP contribution >= 0.6 is 24.0 Å². The Bertz CT molecular complexity index is 545. The fraction of sp³-hybridized carbons (Fsp3) is 0.857. The molecule has 0 aliphatic carbocycles. The van der Waals surface area contributed by atoms with Crippen molar-refractivity contribution in [1.82, 2.24) is 15.5 Å². The molecule has 142 valence electrons.